The van der Waals surface area contributed by atoms with Crippen molar-refractivity contribution in [1.29, 1.82) is 0 Å². The molecule has 144 valence electrons. The minimum atomic E-state index is 0.554. The summed E-state index contributed by atoms with van der Waals surface area (Å²) in [5.41, 5.74) is 3.17. The quantitative estimate of drug-likeness (QED) is 0.569. The predicted molar refractivity (Wildman–Crippen MR) is 117 cm³/mol. The van der Waals surface area contributed by atoms with Crippen molar-refractivity contribution in [3.8, 4) is 0 Å². The lowest BCUT2D eigenvalue weighted by atomic mass is 9.99. The summed E-state index contributed by atoms with van der Waals surface area (Å²) in [5.74, 6) is 2.11. The van der Waals surface area contributed by atoms with Crippen LogP contribution in [0.3, 0.4) is 0 Å². The van der Waals surface area contributed by atoms with Crippen LogP contribution in [0.2, 0.25) is 5.02 Å². The highest BCUT2D eigenvalue weighted by Gasteiger charge is 2.15. The zero-order valence-corrected chi connectivity index (χ0v) is 16.7. The van der Waals surface area contributed by atoms with Gasteiger partial charge in [0.1, 0.15) is 5.82 Å². The van der Waals surface area contributed by atoms with Gasteiger partial charge in [-0.1, -0.05) is 18.5 Å². The molecule has 5 nitrogen and oxygen atoms in total. The molecule has 2 N–H and O–H groups in total. The molecule has 6 heteroatoms. The van der Waals surface area contributed by atoms with Gasteiger partial charge < -0.3 is 15.5 Å². The molecule has 0 bridgehead atoms. The summed E-state index contributed by atoms with van der Waals surface area (Å²) in [7, 11) is 0. The molecule has 0 saturated carbocycles. The minimum Gasteiger partial charge on any atom is -0.372 e. The molecule has 1 aliphatic rings. The first kappa shape index (κ1) is 18.6. The van der Waals surface area contributed by atoms with Crippen molar-refractivity contribution < 1.29 is 0 Å². The van der Waals surface area contributed by atoms with Crippen molar-refractivity contribution in [3.05, 3.63) is 65.8 Å². The van der Waals surface area contributed by atoms with Crippen LogP contribution in [0, 0.1) is 5.92 Å². The molecule has 1 fully saturated rings. The summed E-state index contributed by atoms with van der Waals surface area (Å²) in [6.45, 7) is 4.60. The van der Waals surface area contributed by atoms with Gasteiger partial charge in [-0.2, -0.15) is 4.98 Å². The molecule has 2 aromatic carbocycles. The zero-order valence-electron chi connectivity index (χ0n) is 15.9. The van der Waals surface area contributed by atoms with Gasteiger partial charge in [-0.25, -0.2) is 4.98 Å². The highest BCUT2D eigenvalue weighted by atomic mass is 35.5. The first-order valence-corrected chi connectivity index (χ1v) is 10.0. The Labute approximate surface area is 170 Å². The lowest BCUT2D eigenvalue weighted by Gasteiger charge is -2.32. The fourth-order valence-electron chi connectivity index (χ4n) is 3.32. The molecule has 0 atom stereocenters. The van der Waals surface area contributed by atoms with Crippen LogP contribution in [0.4, 0.5) is 28.8 Å². The number of anilines is 5. The Balaban J connectivity index is 1.40. The molecule has 0 unspecified atom stereocenters. The Kier molecular flexibility index (Phi) is 5.63. The van der Waals surface area contributed by atoms with Crippen molar-refractivity contribution in [2.24, 2.45) is 5.92 Å². The largest absolute Gasteiger partial charge is 0.372 e. The monoisotopic (exact) mass is 393 g/mol. The number of aromatic nitrogens is 2. The first-order valence-electron chi connectivity index (χ1n) is 9.63. The molecule has 0 aliphatic carbocycles. The van der Waals surface area contributed by atoms with Crippen LogP contribution in [0.25, 0.3) is 0 Å². The van der Waals surface area contributed by atoms with Crippen molar-refractivity contribution >= 4 is 40.4 Å². The molecule has 4 rings (SSSR count). The summed E-state index contributed by atoms with van der Waals surface area (Å²) in [6, 6.07) is 17.8. The lowest BCUT2D eigenvalue weighted by Crippen LogP contribution is -2.32. The average Bonchev–Trinajstić information content (AvgIpc) is 2.71. The maximum Gasteiger partial charge on any atom is 0.229 e. The number of hydrogen-bond acceptors (Lipinski definition) is 5. The fourth-order valence-corrected chi connectivity index (χ4v) is 3.45. The smallest absolute Gasteiger partial charge is 0.229 e. The third-order valence-electron chi connectivity index (χ3n) is 5.04. The number of piperidine rings is 1. The van der Waals surface area contributed by atoms with Gasteiger partial charge in [0.25, 0.3) is 0 Å². The van der Waals surface area contributed by atoms with E-state index in [1.165, 1.54) is 18.5 Å². The number of rotatable bonds is 5. The van der Waals surface area contributed by atoms with E-state index >= 15 is 0 Å². The van der Waals surface area contributed by atoms with Crippen LogP contribution < -0.4 is 15.5 Å². The van der Waals surface area contributed by atoms with Gasteiger partial charge in [-0.15, -0.1) is 0 Å². The highest BCUT2D eigenvalue weighted by Crippen LogP contribution is 2.25. The Morgan fingerprint density at radius 1 is 0.893 bits per heavy atom. The maximum atomic E-state index is 5.93. The van der Waals surface area contributed by atoms with Crippen molar-refractivity contribution in [2.75, 3.05) is 28.6 Å². The second-order valence-corrected chi connectivity index (χ2v) is 7.68. The van der Waals surface area contributed by atoms with Crippen LogP contribution in [-0.2, 0) is 0 Å². The van der Waals surface area contributed by atoms with Gasteiger partial charge >= 0.3 is 0 Å². The SMILES string of the molecule is CC1CCN(c2ccc(Nc3nccc(Nc4ccc(Cl)cc4)n3)cc2)CC1. The van der Waals surface area contributed by atoms with Gasteiger partial charge in [-0.3, -0.25) is 0 Å². The average molecular weight is 394 g/mol. The number of halogens is 1. The van der Waals surface area contributed by atoms with E-state index in [4.69, 9.17) is 11.6 Å². The molecular formula is C22H24ClN5. The van der Waals surface area contributed by atoms with Crippen LogP contribution in [0.15, 0.2) is 60.8 Å². The summed E-state index contributed by atoms with van der Waals surface area (Å²) in [5, 5.41) is 7.24. The summed E-state index contributed by atoms with van der Waals surface area (Å²) in [6.07, 6.45) is 4.26. The van der Waals surface area contributed by atoms with E-state index < -0.39 is 0 Å². The number of hydrogen-bond donors (Lipinski definition) is 2. The fraction of sp³-hybridized carbons (Fsp3) is 0.273. The number of nitrogens with zero attached hydrogens (tertiary/aromatic N) is 3. The molecule has 1 saturated heterocycles. The van der Waals surface area contributed by atoms with Gasteiger partial charge in [0.2, 0.25) is 5.95 Å². The number of nitrogens with one attached hydrogen (secondary N) is 2. The summed E-state index contributed by atoms with van der Waals surface area (Å²) < 4.78 is 0. The third-order valence-corrected chi connectivity index (χ3v) is 5.30. The van der Waals surface area contributed by atoms with Crippen molar-refractivity contribution in [3.63, 3.8) is 0 Å². The molecule has 1 aliphatic heterocycles. The molecule has 0 amide bonds. The molecule has 0 spiro atoms. The van der Waals surface area contributed by atoms with Crippen LogP contribution in [-0.4, -0.2) is 23.1 Å². The summed E-state index contributed by atoms with van der Waals surface area (Å²) >= 11 is 5.93. The van der Waals surface area contributed by atoms with E-state index in [-0.39, 0.29) is 0 Å². The third kappa shape index (κ3) is 4.73. The summed E-state index contributed by atoms with van der Waals surface area (Å²) in [4.78, 5) is 11.3. The zero-order chi connectivity index (χ0) is 19.3. The van der Waals surface area contributed by atoms with E-state index in [0.717, 1.165) is 36.2 Å². The van der Waals surface area contributed by atoms with E-state index in [9.17, 15) is 0 Å². The standard InChI is InChI=1S/C22H24ClN5/c1-16-11-14-28(15-12-16)20-8-6-19(7-9-20)26-22-24-13-10-21(27-22)25-18-4-2-17(23)3-5-18/h2-10,13,16H,11-12,14-15H2,1H3,(H2,24,25,26,27). The Bertz CT molecular complexity index is 903. The van der Waals surface area contributed by atoms with Gasteiger partial charge in [-0.05, 0) is 73.4 Å². The highest BCUT2D eigenvalue weighted by molar-refractivity contribution is 6.30. The van der Waals surface area contributed by atoms with E-state index in [1.54, 1.807) is 6.20 Å². The molecule has 3 aromatic rings. The molecule has 0 radical (unpaired) electrons. The molecule has 2 heterocycles. The van der Waals surface area contributed by atoms with Crippen LogP contribution >= 0.6 is 11.6 Å². The Hall–Kier alpha value is -2.79. The second kappa shape index (κ2) is 8.48. The van der Waals surface area contributed by atoms with Crippen LogP contribution in [0.1, 0.15) is 19.8 Å². The predicted octanol–water partition coefficient (Wildman–Crippen LogP) is 5.85. The Morgan fingerprint density at radius 2 is 1.54 bits per heavy atom. The first-order chi connectivity index (χ1) is 13.7. The molecular weight excluding hydrogens is 370 g/mol. The van der Waals surface area contributed by atoms with Gasteiger partial charge in [0.05, 0.1) is 0 Å². The van der Waals surface area contributed by atoms with Gasteiger partial charge in [0.15, 0.2) is 0 Å². The Morgan fingerprint density at radius 3 is 2.25 bits per heavy atom. The van der Waals surface area contributed by atoms with Crippen molar-refractivity contribution in [1.82, 2.24) is 9.97 Å². The topological polar surface area (TPSA) is 53.1 Å². The maximum absolute atomic E-state index is 5.93. The molecule has 1 aromatic heterocycles. The van der Waals surface area contributed by atoms with E-state index in [2.05, 4.69) is 56.7 Å². The minimum absolute atomic E-state index is 0.554. The van der Waals surface area contributed by atoms with Crippen LogP contribution in [0.5, 0.6) is 0 Å². The van der Waals surface area contributed by atoms with Gasteiger partial charge in [0, 0.05) is 41.4 Å². The molecule has 28 heavy (non-hydrogen) atoms. The normalized spacial score (nSPS) is 14.7. The second-order valence-electron chi connectivity index (χ2n) is 7.24. The van der Waals surface area contributed by atoms with Crippen molar-refractivity contribution in [2.45, 2.75) is 19.8 Å². The van der Waals surface area contributed by atoms with E-state index in [0.29, 0.717) is 11.0 Å². The van der Waals surface area contributed by atoms with E-state index in [1.807, 2.05) is 30.3 Å². The number of benzene rings is 2. The lowest BCUT2D eigenvalue weighted by molar-refractivity contribution is 0.438.